The molecule has 1 heterocycles. The topological polar surface area (TPSA) is 37.8 Å². The van der Waals surface area contributed by atoms with E-state index in [1.54, 1.807) is 18.2 Å². The summed E-state index contributed by atoms with van der Waals surface area (Å²) >= 11 is 12.0. The van der Waals surface area contributed by atoms with Gasteiger partial charge in [-0.1, -0.05) is 23.2 Å². The molecule has 0 saturated carbocycles. The van der Waals surface area contributed by atoms with Crippen LogP contribution < -0.4 is 5.32 Å². The van der Waals surface area contributed by atoms with Crippen LogP contribution in [0.25, 0.3) is 11.4 Å². The Bertz CT molecular complexity index is 569. The van der Waals surface area contributed by atoms with Crippen molar-refractivity contribution < 1.29 is 0 Å². The van der Waals surface area contributed by atoms with E-state index < -0.39 is 0 Å². The number of hydrogen-bond donors (Lipinski definition) is 1. The van der Waals surface area contributed by atoms with Crippen LogP contribution in [0.2, 0.25) is 10.0 Å². The summed E-state index contributed by atoms with van der Waals surface area (Å²) in [5, 5.41) is 4.55. The zero-order chi connectivity index (χ0) is 14.8. The van der Waals surface area contributed by atoms with Gasteiger partial charge in [0.15, 0.2) is 5.82 Å². The second-order valence-electron chi connectivity index (χ2n) is 5.68. The maximum Gasteiger partial charge on any atom is 0.159 e. The minimum atomic E-state index is 0.0686. The summed E-state index contributed by atoms with van der Waals surface area (Å²) in [6, 6.07) is 5.29. The molecule has 0 fully saturated rings. The van der Waals surface area contributed by atoms with Crippen LogP contribution in [-0.4, -0.2) is 15.5 Å². The van der Waals surface area contributed by atoms with Gasteiger partial charge in [0.25, 0.3) is 0 Å². The molecule has 0 unspecified atom stereocenters. The Morgan fingerprint density at radius 2 is 1.55 bits per heavy atom. The van der Waals surface area contributed by atoms with Gasteiger partial charge in [-0.15, -0.1) is 0 Å². The molecule has 1 aromatic carbocycles. The predicted molar refractivity (Wildman–Crippen MR) is 84.1 cm³/mol. The molecular weight excluding hydrogens is 293 g/mol. The van der Waals surface area contributed by atoms with Gasteiger partial charge in [-0.25, -0.2) is 9.97 Å². The SMILES string of the molecule is CC(C)(C)NCc1cnc(-c2cc(Cl)cc(Cl)c2)nc1. The first-order valence-corrected chi connectivity index (χ1v) is 7.11. The molecule has 0 amide bonds. The normalized spacial score (nSPS) is 11.7. The van der Waals surface area contributed by atoms with Crippen LogP contribution in [0.5, 0.6) is 0 Å². The molecular formula is C15H17Cl2N3. The molecule has 0 radical (unpaired) electrons. The first kappa shape index (κ1) is 15.2. The molecule has 0 aliphatic carbocycles. The Morgan fingerprint density at radius 1 is 1.00 bits per heavy atom. The Hall–Kier alpha value is -1.16. The second kappa shape index (κ2) is 6.08. The quantitative estimate of drug-likeness (QED) is 0.916. The monoisotopic (exact) mass is 309 g/mol. The molecule has 0 aliphatic heterocycles. The molecule has 0 bridgehead atoms. The van der Waals surface area contributed by atoms with Gasteiger partial charge >= 0.3 is 0 Å². The summed E-state index contributed by atoms with van der Waals surface area (Å²) in [5.41, 5.74) is 1.92. The molecule has 3 nitrogen and oxygen atoms in total. The Labute approximate surface area is 129 Å². The van der Waals surface area contributed by atoms with Crippen molar-refractivity contribution in [2.45, 2.75) is 32.9 Å². The lowest BCUT2D eigenvalue weighted by Crippen LogP contribution is -2.35. The number of hydrogen-bond acceptors (Lipinski definition) is 3. The van der Waals surface area contributed by atoms with Crippen molar-refractivity contribution in [1.29, 1.82) is 0 Å². The minimum Gasteiger partial charge on any atom is -0.308 e. The van der Waals surface area contributed by atoms with Gasteiger partial charge in [0, 0.05) is 45.6 Å². The van der Waals surface area contributed by atoms with Crippen molar-refractivity contribution >= 4 is 23.2 Å². The van der Waals surface area contributed by atoms with Crippen molar-refractivity contribution in [3.63, 3.8) is 0 Å². The summed E-state index contributed by atoms with van der Waals surface area (Å²) in [6.07, 6.45) is 3.63. The van der Waals surface area contributed by atoms with E-state index >= 15 is 0 Å². The maximum atomic E-state index is 5.98. The van der Waals surface area contributed by atoms with Crippen LogP contribution in [0.1, 0.15) is 26.3 Å². The van der Waals surface area contributed by atoms with E-state index in [0.29, 0.717) is 15.9 Å². The third-order valence-electron chi connectivity index (χ3n) is 2.65. The van der Waals surface area contributed by atoms with Crippen LogP contribution in [0, 0.1) is 0 Å². The first-order chi connectivity index (χ1) is 9.33. The third-order valence-corrected chi connectivity index (χ3v) is 3.09. The fourth-order valence-corrected chi connectivity index (χ4v) is 2.17. The van der Waals surface area contributed by atoms with E-state index in [1.165, 1.54) is 0 Å². The highest BCUT2D eigenvalue weighted by Crippen LogP contribution is 2.24. The molecule has 1 N–H and O–H groups in total. The minimum absolute atomic E-state index is 0.0686. The zero-order valence-electron chi connectivity index (χ0n) is 11.7. The molecule has 2 rings (SSSR count). The third kappa shape index (κ3) is 4.44. The standard InChI is InChI=1S/C15H17Cl2N3/c1-15(2,3)20-9-10-7-18-14(19-8-10)11-4-12(16)6-13(17)5-11/h4-8,20H,9H2,1-3H3. The van der Waals surface area contributed by atoms with E-state index in [4.69, 9.17) is 23.2 Å². The summed E-state index contributed by atoms with van der Waals surface area (Å²) in [4.78, 5) is 8.73. The molecule has 1 aromatic heterocycles. The highest BCUT2D eigenvalue weighted by Gasteiger charge is 2.09. The van der Waals surface area contributed by atoms with Crippen LogP contribution in [0.3, 0.4) is 0 Å². The van der Waals surface area contributed by atoms with E-state index in [2.05, 4.69) is 36.1 Å². The number of nitrogens with zero attached hydrogens (tertiary/aromatic N) is 2. The average Bonchev–Trinajstić information content (AvgIpc) is 2.35. The number of aromatic nitrogens is 2. The first-order valence-electron chi connectivity index (χ1n) is 6.36. The van der Waals surface area contributed by atoms with Crippen molar-refractivity contribution in [3.05, 3.63) is 46.2 Å². The Morgan fingerprint density at radius 3 is 2.05 bits per heavy atom. The summed E-state index contributed by atoms with van der Waals surface area (Å²) in [6.45, 7) is 7.10. The van der Waals surface area contributed by atoms with E-state index in [0.717, 1.165) is 17.7 Å². The lowest BCUT2D eigenvalue weighted by molar-refractivity contribution is 0.423. The van der Waals surface area contributed by atoms with E-state index in [1.807, 2.05) is 12.4 Å². The van der Waals surface area contributed by atoms with Gasteiger partial charge in [0.2, 0.25) is 0 Å². The van der Waals surface area contributed by atoms with Gasteiger partial charge in [-0.2, -0.15) is 0 Å². The number of rotatable bonds is 3. The molecule has 0 atom stereocenters. The van der Waals surface area contributed by atoms with Gasteiger partial charge in [-0.05, 0) is 39.0 Å². The fourth-order valence-electron chi connectivity index (χ4n) is 1.65. The van der Waals surface area contributed by atoms with Crippen molar-refractivity contribution in [3.8, 4) is 11.4 Å². The van der Waals surface area contributed by atoms with Crippen molar-refractivity contribution in [1.82, 2.24) is 15.3 Å². The number of halogens is 2. The molecule has 0 spiro atoms. The average molecular weight is 310 g/mol. The summed E-state index contributed by atoms with van der Waals surface area (Å²) in [7, 11) is 0. The van der Waals surface area contributed by atoms with Crippen molar-refractivity contribution in [2.75, 3.05) is 0 Å². The highest BCUT2D eigenvalue weighted by molar-refractivity contribution is 6.35. The molecule has 20 heavy (non-hydrogen) atoms. The lowest BCUT2D eigenvalue weighted by atomic mass is 10.1. The van der Waals surface area contributed by atoms with Gasteiger partial charge in [0.1, 0.15) is 0 Å². The molecule has 0 aliphatic rings. The van der Waals surface area contributed by atoms with Crippen LogP contribution in [0.4, 0.5) is 0 Å². The Kier molecular flexibility index (Phi) is 4.63. The van der Waals surface area contributed by atoms with Gasteiger partial charge in [0.05, 0.1) is 0 Å². The maximum absolute atomic E-state index is 5.98. The second-order valence-corrected chi connectivity index (χ2v) is 6.55. The largest absolute Gasteiger partial charge is 0.308 e. The highest BCUT2D eigenvalue weighted by atomic mass is 35.5. The van der Waals surface area contributed by atoms with Gasteiger partial charge in [-0.3, -0.25) is 0 Å². The van der Waals surface area contributed by atoms with E-state index in [9.17, 15) is 0 Å². The fraction of sp³-hybridized carbons (Fsp3) is 0.333. The summed E-state index contributed by atoms with van der Waals surface area (Å²) in [5.74, 6) is 0.619. The van der Waals surface area contributed by atoms with Crippen LogP contribution in [-0.2, 0) is 6.54 Å². The predicted octanol–water partition coefficient (Wildman–Crippen LogP) is 4.34. The number of nitrogens with one attached hydrogen (secondary N) is 1. The van der Waals surface area contributed by atoms with Crippen LogP contribution in [0.15, 0.2) is 30.6 Å². The Balaban J connectivity index is 2.15. The number of benzene rings is 1. The molecule has 106 valence electrons. The van der Waals surface area contributed by atoms with Crippen molar-refractivity contribution in [2.24, 2.45) is 0 Å². The van der Waals surface area contributed by atoms with E-state index in [-0.39, 0.29) is 5.54 Å². The smallest absolute Gasteiger partial charge is 0.159 e. The molecule has 2 aromatic rings. The summed E-state index contributed by atoms with van der Waals surface area (Å²) < 4.78 is 0. The van der Waals surface area contributed by atoms with Gasteiger partial charge < -0.3 is 5.32 Å². The lowest BCUT2D eigenvalue weighted by Gasteiger charge is -2.20. The van der Waals surface area contributed by atoms with Crippen LogP contribution >= 0.6 is 23.2 Å². The molecule has 5 heteroatoms. The molecule has 0 saturated heterocycles. The zero-order valence-corrected chi connectivity index (χ0v) is 13.3.